The Morgan fingerprint density at radius 2 is 1.82 bits per heavy atom. The second kappa shape index (κ2) is 7.56. The quantitative estimate of drug-likeness (QED) is 0.676. The minimum atomic E-state index is -0.215. The summed E-state index contributed by atoms with van der Waals surface area (Å²) in [6, 6.07) is 6.55. The summed E-state index contributed by atoms with van der Waals surface area (Å²) in [6.45, 7) is 4.83. The molecule has 3 aromatic rings. The summed E-state index contributed by atoms with van der Waals surface area (Å²) in [4.78, 5) is 18.6. The van der Waals surface area contributed by atoms with Gasteiger partial charge in [0.05, 0.1) is 5.69 Å². The van der Waals surface area contributed by atoms with Crippen LogP contribution in [0.1, 0.15) is 23.4 Å². The Morgan fingerprint density at radius 3 is 2.64 bits per heavy atom. The number of anilines is 1. The Balaban J connectivity index is 1.21. The number of benzene rings is 1. The molecule has 0 bridgehead atoms. The first-order chi connectivity index (χ1) is 13.8. The molecule has 7 heteroatoms. The van der Waals surface area contributed by atoms with Crippen molar-refractivity contribution in [3.05, 3.63) is 58.7 Å². The largest absolute Gasteiger partial charge is 0.354 e. The van der Waals surface area contributed by atoms with Crippen molar-refractivity contribution in [3.63, 3.8) is 0 Å². The van der Waals surface area contributed by atoms with E-state index in [4.69, 9.17) is 4.98 Å². The molecule has 2 aromatic heterocycles. The van der Waals surface area contributed by atoms with E-state index >= 15 is 0 Å². The molecule has 1 saturated heterocycles. The molecule has 0 N–H and O–H groups in total. The monoisotopic (exact) mass is 395 g/mol. The van der Waals surface area contributed by atoms with E-state index in [9.17, 15) is 4.39 Å². The van der Waals surface area contributed by atoms with Crippen LogP contribution in [0, 0.1) is 5.82 Å². The summed E-state index contributed by atoms with van der Waals surface area (Å²) in [5, 5.41) is 3.06. The van der Waals surface area contributed by atoms with Gasteiger partial charge in [-0.3, -0.25) is 4.90 Å². The number of hydrogen-bond donors (Lipinski definition) is 0. The van der Waals surface area contributed by atoms with Crippen molar-refractivity contribution in [2.75, 3.05) is 31.1 Å². The first-order valence-corrected chi connectivity index (χ1v) is 10.6. The van der Waals surface area contributed by atoms with E-state index < -0.39 is 0 Å². The topological polar surface area (TPSA) is 45.2 Å². The van der Waals surface area contributed by atoms with Gasteiger partial charge in [-0.05, 0) is 43.5 Å². The van der Waals surface area contributed by atoms with Gasteiger partial charge in [0, 0.05) is 54.9 Å². The molecule has 28 heavy (non-hydrogen) atoms. The molecule has 0 spiro atoms. The molecule has 0 amide bonds. The average Bonchev–Trinajstić information content (AvgIpc) is 3.38. The smallest absolute Gasteiger partial charge is 0.135 e. The second-order valence-corrected chi connectivity index (χ2v) is 8.25. The van der Waals surface area contributed by atoms with Crippen molar-refractivity contribution in [1.82, 2.24) is 19.9 Å². The normalized spacial score (nSPS) is 17.1. The molecule has 0 radical (unpaired) electrons. The summed E-state index contributed by atoms with van der Waals surface area (Å²) < 4.78 is 13.1. The number of aromatic nitrogens is 3. The van der Waals surface area contributed by atoms with Crippen molar-refractivity contribution >= 4 is 17.2 Å². The first kappa shape index (κ1) is 17.7. The molecule has 0 atom stereocenters. The Hall–Kier alpha value is -2.38. The molecule has 0 unspecified atom stereocenters. The van der Waals surface area contributed by atoms with Crippen molar-refractivity contribution in [2.24, 2.45) is 0 Å². The molecule has 144 valence electrons. The molecule has 0 saturated carbocycles. The molecule has 3 heterocycles. The average molecular weight is 396 g/mol. The maximum atomic E-state index is 13.1. The highest BCUT2D eigenvalue weighted by Gasteiger charge is 2.24. The third kappa shape index (κ3) is 3.52. The van der Waals surface area contributed by atoms with E-state index in [1.54, 1.807) is 29.8 Å². The van der Waals surface area contributed by atoms with Crippen LogP contribution >= 0.6 is 11.3 Å². The van der Waals surface area contributed by atoms with Gasteiger partial charge in [0.25, 0.3) is 0 Å². The van der Waals surface area contributed by atoms with E-state index in [0.29, 0.717) is 0 Å². The van der Waals surface area contributed by atoms with Crippen molar-refractivity contribution in [3.8, 4) is 10.6 Å². The summed E-state index contributed by atoms with van der Waals surface area (Å²) in [5.41, 5.74) is 4.66. The van der Waals surface area contributed by atoms with E-state index in [-0.39, 0.29) is 5.82 Å². The lowest BCUT2D eigenvalue weighted by molar-refractivity contribution is 0.247. The van der Waals surface area contributed by atoms with Gasteiger partial charge in [-0.15, -0.1) is 11.3 Å². The summed E-state index contributed by atoms with van der Waals surface area (Å²) in [7, 11) is 0. The number of piperazine rings is 1. The van der Waals surface area contributed by atoms with Gasteiger partial charge in [-0.1, -0.05) is 0 Å². The van der Waals surface area contributed by atoms with E-state index in [0.717, 1.165) is 67.6 Å². The number of rotatable bonds is 4. The minimum absolute atomic E-state index is 0.215. The summed E-state index contributed by atoms with van der Waals surface area (Å²) in [6.07, 6.45) is 5.11. The van der Waals surface area contributed by atoms with Crippen LogP contribution in [-0.4, -0.2) is 46.0 Å². The Labute approximate surface area is 167 Å². The molecule has 5 rings (SSSR count). The van der Waals surface area contributed by atoms with Crippen LogP contribution < -0.4 is 4.90 Å². The first-order valence-electron chi connectivity index (χ1n) is 9.77. The zero-order chi connectivity index (χ0) is 18.9. The molecular formula is C21H22FN5S. The molecule has 1 aliphatic heterocycles. The number of halogens is 1. The van der Waals surface area contributed by atoms with Crippen LogP contribution in [0.4, 0.5) is 10.2 Å². The number of thiazole rings is 1. The predicted octanol–water partition coefficient (Wildman–Crippen LogP) is 3.55. The minimum Gasteiger partial charge on any atom is -0.354 e. The zero-order valence-electron chi connectivity index (χ0n) is 15.6. The predicted molar refractivity (Wildman–Crippen MR) is 109 cm³/mol. The third-order valence-corrected chi connectivity index (χ3v) is 6.49. The van der Waals surface area contributed by atoms with Gasteiger partial charge in [-0.2, -0.15) is 0 Å². The fraction of sp³-hybridized carbons (Fsp3) is 0.381. The summed E-state index contributed by atoms with van der Waals surface area (Å²) in [5.74, 6) is 0.933. The lowest BCUT2D eigenvalue weighted by Gasteiger charge is -2.35. The second-order valence-electron chi connectivity index (χ2n) is 7.39. The maximum absolute atomic E-state index is 13.1. The lowest BCUT2D eigenvalue weighted by atomic mass is 10.2. The molecular weight excluding hydrogens is 373 g/mol. The van der Waals surface area contributed by atoms with Gasteiger partial charge >= 0.3 is 0 Å². The standard InChI is InChI=1S/C21H22FN5S/c22-16-6-4-15(5-7-16)21-25-17(13-28-21)12-26-8-10-27(11-9-26)20-18-2-1-3-19(18)23-14-24-20/h4-7,13-14H,1-3,8-12H2. The fourth-order valence-electron chi connectivity index (χ4n) is 4.07. The molecule has 1 fully saturated rings. The van der Waals surface area contributed by atoms with Crippen LogP contribution in [0.2, 0.25) is 0 Å². The van der Waals surface area contributed by atoms with E-state index in [1.807, 2.05) is 0 Å². The fourth-order valence-corrected chi connectivity index (χ4v) is 4.88. The third-order valence-electron chi connectivity index (χ3n) is 5.55. The van der Waals surface area contributed by atoms with Gasteiger partial charge in [0.15, 0.2) is 0 Å². The lowest BCUT2D eigenvalue weighted by Crippen LogP contribution is -2.46. The Bertz CT molecular complexity index is 963. The highest BCUT2D eigenvalue weighted by molar-refractivity contribution is 7.13. The van der Waals surface area contributed by atoms with Gasteiger partial charge in [0.1, 0.15) is 23.0 Å². The number of aryl methyl sites for hydroxylation is 1. The zero-order valence-corrected chi connectivity index (χ0v) is 16.5. The van der Waals surface area contributed by atoms with Gasteiger partial charge < -0.3 is 4.90 Å². The highest BCUT2D eigenvalue weighted by atomic mass is 32.1. The molecule has 2 aliphatic rings. The number of fused-ring (bicyclic) bond motifs is 1. The SMILES string of the molecule is Fc1ccc(-c2nc(CN3CCN(c4ncnc5c4CCC5)CC3)cs2)cc1. The van der Waals surface area contributed by atoms with Crippen LogP contribution in [0.3, 0.4) is 0 Å². The highest BCUT2D eigenvalue weighted by Crippen LogP contribution is 2.29. The van der Waals surface area contributed by atoms with Gasteiger partial charge in [-0.25, -0.2) is 19.3 Å². The van der Waals surface area contributed by atoms with Crippen molar-refractivity contribution in [2.45, 2.75) is 25.8 Å². The van der Waals surface area contributed by atoms with Crippen LogP contribution in [0.5, 0.6) is 0 Å². The van der Waals surface area contributed by atoms with Crippen LogP contribution in [0.15, 0.2) is 36.0 Å². The summed E-state index contributed by atoms with van der Waals surface area (Å²) >= 11 is 1.62. The number of hydrogen-bond acceptors (Lipinski definition) is 6. The van der Waals surface area contributed by atoms with Crippen LogP contribution in [0.25, 0.3) is 10.6 Å². The van der Waals surface area contributed by atoms with Crippen LogP contribution in [-0.2, 0) is 19.4 Å². The Morgan fingerprint density at radius 1 is 1.00 bits per heavy atom. The van der Waals surface area contributed by atoms with E-state index in [2.05, 4.69) is 25.1 Å². The Kier molecular flexibility index (Phi) is 4.78. The molecule has 1 aromatic carbocycles. The molecule has 1 aliphatic carbocycles. The number of nitrogens with zero attached hydrogens (tertiary/aromatic N) is 5. The van der Waals surface area contributed by atoms with Crippen molar-refractivity contribution < 1.29 is 4.39 Å². The molecule has 5 nitrogen and oxygen atoms in total. The van der Waals surface area contributed by atoms with Crippen molar-refractivity contribution in [1.29, 1.82) is 0 Å². The maximum Gasteiger partial charge on any atom is 0.135 e. The van der Waals surface area contributed by atoms with Gasteiger partial charge in [0.2, 0.25) is 0 Å². The van der Waals surface area contributed by atoms with E-state index in [1.165, 1.54) is 29.8 Å².